The van der Waals surface area contributed by atoms with Crippen molar-refractivity contribution in [1.29, 1.82) is 0 Å². The van der Waals surface area contributed by atoms with Crippen molar-refractivity contribution in [2.24, 2.45) is 5.41 Å². The molecule has 53 heavy (non-hydrogen) atoms. The molecule has 5 unspecified atom stereocenters. The Hall–Kier alpha value is -0.470. The topological polar surface area (TPSA) is 161 Å². The largest absolute Gasteiger partial charge is 0.394 e. The molecule has 0 aromatic carbocycles. The van der Waals surface area contributed by atoms with E-state index in [-0.39, 0.29) is 12.1 Å². The maximum atomic E-state index is 13.7. The molecule has 0 amide bonds. The van der Waals surface area contributed by atoms with Gasteiger partial charge in [-0.2, -0.15) is 0 Å². The number of aliphatic hydroxyl groups excluding tert-OH is 6. The van der Waals surface area contributed by atoms with Crippen molar-refractivity contribution in [2.45, 2.75) is 234 Å². The van der Waals surface area contributed by atoms with Crippen molar-refractivity contribution >= 4 is 0 Å². The van der Waals surface area contributed by atoms with Crippen molar-refractivity contribution in [3.05, 3.63) is 0 Å². The summed E-state index contributed by atoms with van der Waals surface area (Å²) in [6, 6.07) is -0.709. The van der Waals surface area contributed by atoms with Crippen LogP contribution in [0.4, 0.5) is 4.39 Å². The molecule has 11 heteroatoms. The number of aliphatic hydroxyl groups is 6. The molecule has 8 atom stereocenters. The normalized spacial score (nSPS) is 32.0. The number of hydrogen-bond acceptors (Lipinski definition) is 10. The van der Waals surface area contributed by atoms with E-state index in [1.165, 1.54) is 96.3 Å². The molecule has 5 aliphatic rings. The van der Waals surface area contributed by atoms with Crippen LogP contribution in [0.15, 0.2) is 0 Å². The Kier molecular flexibility index (Phi) is 19.7. The summed E-state index contributed by atoms with van der Waals surface area (Å²) in [5.41, 5.74) is -0.787. The molecule has 0 spiro atoms. The monoisotopic (exact) mass is 760 g/mol. The standard InChI is InChI=1S/C42H78FNO9/c1-2-3-4-5-6-7-8-9-10-13-16-19-22-33(46)35(47)32(26-52-39-38(50)37(49)36(48)34(25-45)53-39)44-42(30-51-31-42)24-21-18-15-12-11-14-17-20-23-40-27-41(43,28-40)29-40/h32-39,44-50H,2-31H2,1H3/t32-,33+,34?,35-,36?,37?,38?,39?,40?,41?/m0/s1. The molecule has 0 radical (unpaired) electrons. The number of nitrogens with one attached hydrogen (secondary N) is 1. The molecule has 0 aromatic heterocycles. The molecule has 2 bridgehead atoms. The Labute approximate surface area is 319 Å². The average Bonchev–Trinajstić information content (AvgIpc) is 3.11. The highest BCUT2D eigenvalue weighted by atomic mass is 19.1. The van der Waals surface area contributed by atoms with Crippen molar-refractivity contribution in [3.63, 3.8) is 0 Å². The van der Waals surface area contributed by atoms with E-state index < -0.39 is 61.2 Å². The minimum atomic E-state index is -1.56. The molecule has 3 saturated carbocycles. The summed E-state index contributed by atoms with van der Waals surface area (Å²) in [4.78, 5) is 0. The van der Waals surface area contributed by atoms with E-state index in [0.29, 0.717) is 25.0 Å². The lowest BCUT2D eigenvalue weighted by molar-refractivity contribution is -0.303. The molecule has 5 fully saturated rings. The summed E-state index contributed by atoms with van der Waals surface area (Å²) in [6.07, 6.45) is 19.8. The van der Waals surface area contributed by atoms with Gasteiger partial charge < -0.3 is 44.8 Å². The van der Waals surface area contributed by atoms with Crippen LogP contribution in [-0.4, -0.2) is 117 Å². The van der Waals surface area contributed by atoms with Crippen LogP contribution in [0.1, 0.15) is 174 Å². The molecule has 2 saturated heterocycles. The number of hydrogen-bond donors (Lipinski definition) is 7. The molecule has 5 rings (SSSR count). The Balaban J connectivity index is 1.16. The molecule has 2 aliphatic heterocycles. The van der Waals surface area contributed by atoms with Gasteiger partial charge in [0.2, 0.25) is 0 Å². The van der Waals surface area contributed by atoms with Gasteiger partial charge in [0.25, 0.3) is 0 Å². The zero-order valence-electron chi connectivity index (χ0n) is 33.1. The first-order valence-electron chi connectivity index (χ1n) is 21.9. The molecule has 2 heterocycles. The average molecular weight is 760 g/mol. The Morgan fingerprint density at radius 3 is 1.70 bits per heavy atom. The first-order chi connectivity index (χ1) is 25.5. The van der Waals surface area contributed by atoms with Gasteiger partial charge in [0.05, 0.1) is 50.2 Å². The highest BCUT2D eigenvalue weighted by Gasteiger charge is 2.68. The van der Waals surface area contributed by atoms with Gasteiger partial charge in [0.15, 0.2) is 6.29 Å². The van der Waals surface area contributed by atoms with Gasteiger partial charge in [0, 0.05) is 0 Å². The van der Waals surface area contributed by atoms with E-state index in [1.807, 2.05) is 0 Å². The summed E-state index contributed by atoms with van der Waals surface area (Å²) in [6.45, 7) is 2.52. The minimum Gasteiger partial charge on any atom is -0.394 e. The Morgan fingerprint density at radius 1 is 0.698 bits per heavy atom. The lowest BCUT2D eigenvalue weighted by Gasteiger charge is -2.66. The summed E-state index contributed by atoms with van der Waals surface area (Å²) >= 11 is 0. The van der Waals surface area contributed by atoms with Gasteiger partial charge in [0.1, 0.15) is 30.1 Å². The predicted octanol–water partition coefficient (Wildman–Crippen LogP) is 6.14. The minimum absolute atomic E-state index is 0.128. The maximum absolute atomic E-state index is 13.7. The maximum Gasteiger partial charge on any atom is 0.186 e. The number of halogens is 1. The summed E-state index contributed by atoms with van der Waals surface area (Å²) in [5, 5.41) is 66.7. The molecular formula is C42H78FNO9. The fourth-order valence-electron chi connectivity index (χ4n) is 9.45. The highest BCUT2D eigenvalue weighted by molar-refractivity contribution is 5.18. The zero-order chi connectivity index (χ0) is 38.2. The van der Waals surface area contributed by atoms with Crippen molar-refractivity contribution < 1.29 is 49.2 Å². The lowest BCUT2D eigenvalue weighted by Crippen LogP contribution is -2.67. The molecule has 312 valence electrons. The van der Waals surface area contributed by atoms with E-state index in [0.717, 1.165) is 64.2 Å². The first-order valence-corrected chi connectivity index (χ1v) is 21.9. The fraction of sp³-hybridized carbons (Fsp3) is 1.00. The zero-order valence-corrected chi connectivity index (χ0v) is 33.1. The summed E-state index contributed by atoms with van der Waals surface area (Å²) < 4.78 is 30.8. The number of rotatable bonds is 32. The third-order valence-electron chi connectivity index (χ3n) is 12.9. The number of unbranched alkanes of at least 4 members (excludes halogenated alkanes) is 18. The van der Waals surface area contributed by atoms with Crippen LogP contribution >= 0.6 is 0 Å². The summed E-state index contributed by atoms with van der Waals surface area (Å²) in [7, 11) is 0. The smallest absolute Gasteiger partial charge is 0.186 e. The fourth-order valence-corrected chi connectivity index (χ4v) is 9.45. The van der Waals surface area contributed by atoms with Crippen LogP contribution in [0.5, 0.6) is 0 Å². The van der Waals surface area contributed by atoms with Gasteiger partial charge in [-0.1, -0.05) is 135 Å². The Morgan fingerprint density at radius 2 is 1.21 bits per heavy atom. The number of ether oxygens (including phenoxy) is 3. The highest BCUT2D eigenvalue weighted by Crippen LogP contribution is 2.71. The van der Waals surface area contributed by atoms with Crippen molar-refractivity contribution in [3.8, 4) is 0 Å². The lowest BCUT2D eigenvalue weighted by atomic mass is 9.41. The quantitative estimate of drug-likeness (QED) is 0.0398. The Bertz CT molecular complexity index is 966. The van der Waals surface area contributed by atoms with Gasteiger partial charge in [-0.15, -0.1) is 0 Å². The SMILES string of the molecule is CCCCCCCCCCCCCC[C@@H](O)[C@@H](O)[C@H](COC1OC(CO)C(O)C(O)C1O)NC1(CCCCCCCCCCC23CC(F)(C2)C3)COC1. The third-order valence-corrected chi connectivity index (χ3v) is 12.9. The van der Waals surface area contributed by atoms with Gasteiger partial charge >= 0.3 is 0 Å². The second kappa shape index (κ2) is 23.1. The third kappa shape index (κ3) is 14.1. The van der Waals surface area contributed by atoms with E-state index in [9.17, 15) is 35.0 Å². The van der Waals surface area contributed by atoms with Crippen LogP contribution in [-0.2, 0) is 14.2 Å². The van der Waals surface area contributed by atoms with Crippen LogP contribution in [0.3, 0.4) is 0 Å². The molecule has 3 aliphatic carbocycles. The van der Waals surface area contributed by atoms with E-state index >= 15 is 0 Å². The van der Waals surface area contributed by atoms with E-state index in [4.69, 9.17) is 14.2 Å². The number of alkyl halides is 1. The van der Waals surface area contributed by atoms with Gasteiger partial charge in [-0.05, 0) is 43.9 Å². The second-order valence-corrected chi connectivity index (χ2v) is 17.8. The molecule has 0 aromatic rings. The summed E-state index contributed by atoms with van der Waals surface area (Å²) in [5.74, 6) is 0. The van der Waals surface area contributed by atoms with Crippen LogP contribution in [0.25, 0.3) is 0 Å². The van der Waals surface area contributed by atoms with Crippen LogP contribution in [0, 0.1) is 5.41 Å². The molecular weight excluding hydrogens is 681 g/mol. The van der Waals surface area contributed by atoms with Crippen LogP contribution in [0.2, 0.25) is 0 Å². The van der Waals surface area contributed by atoms with E-state index in [2.05, 4.69) is 12.2 Å². The molecule has 7 N–H and O–H groups in total. The van der Waals surface area contributed by atoms with Gasteiger partial charge in [-0.3, -0.25) is 5.32 Å². The van der Waals surface area contributed by atoms with Crippen molar-refractivity contribution in [1.82, 2.24) is 5.32 Å². The van der Waals surface area contributed by atoms with E-state index in [1.54, 1.807) is 0 Å². The predicted molar refractivity (Wildman–Crippen MR) is 204 cm³/mol. The van der Waals surface area contributed by atoms with Crippen LogP contribution < -0.4 is 5.32 Å². The second-order valence-electron chi connectivity index (χ2n) is 17.8. The molecule has 10 nitrogen and oxygen atoms in total. The van der Waals surface area contributed by atoms with Gasteiger partial charge in [-0.25, -0.2) is 4.39 Å². The first kappa shape index (κ1) is 45.2. The van der Waals surface area contributed by atoms with Crippen molar-refractivity contribution in [2.75, 3.05) is 26.4 Å².